The molecule has 0 radical (unpaired) electrons. The van der Waals surface area contributed by atoms with Gasteiger partial charge in [-0.2, -0.15) is 0 Å². The number of rotatable bonds is 1. The maximum atomic E-state index is 11.8. The molecule has 0 saturated carbocycles. The number of aromatic hydroxyl groups is 3. The van der Waals surface area contributed by atoms with E-state index in [2.05, 4.69) is 0 Å². The molecule has 1 heterocycles. The van der Waals surface area contributed by atoms with Crippen LogP contribution in [-0.4, -0.2) is 49.9 Å². The van der Waals surface area contributed by atoms with Crippen LogP contribution in [0.15, 0.2) is 12.1 Å². The van der Waals surface area contributed by atoms with E-state index in [1.54, 1.807) is 6.92 Å². The van der Waals surface area contributed by atoms with Gasteiger partial charge in [0.05, 0.1) is 18.7 Å². The van der Waals surface area contributed by atoms with Gasteiger partial charge in [0.1, 0.15) is 0 Å². The Hall–Kier alpha value is -1.95. The molecular weight excluding hydrogens is 226 g/mol. The summed E-state index contributed by atoms with van der Waals surface area (Å²) in [5.41, 5.74) is -0.815. The highest BCUT2D eigenvalue weighted by Gasteiger charge is 2.39. The minimum atomic E-state index is -0.878. The van der Waals surface area contributed by atoms with Crippen molar-refractivity contribution in [3.63, 3.8) is 0 Å². The molecule has 92 valence electrons. The largest absolute Gasteiger partial charge is 0.504 e. The molecule has 1 aromatic carbocycles. The number of carbonyl (C=O) groups is 1. The van der Waals surface area contributed by atoms with Crippen molar-refractivity contribution in [1.82, 2.24) is 4.90 Å². The lowest BCUT2D eigenvalue weighted by molar-refractivity contribution is -0.0668. The molecule has 2 rings (SSSR count). The number of aliphatic hydroxyl groups is 1. The zero-order valence-electron chi connectivity index (χ0n) is 9.21. The molecule has 1 aliphatic heterocycles. The number of nitrogens with zero attached hydrogens (tertiary/aromatic N) is 1. The third kappa shape index (κ3) is 1.99. The number of phenolic OH excluding ortho intramolecular Hbond substituents is 3. The van der Waals surface area contributed by atoms with Gasteiger partial charge in [0.25, 0.3) is 5.91 Å². The van der Waals surface area contributed by atoms with Crippen LogP contribution in [0.1, 0.15) is 17.3 Å². The highest BCUT2D eigenvalue weighted by Crippen LogP contribution is 2.36. The van der Waals surface area contributed by atoms with Crippen LogP contribution >= 0.6 is 0 Å². The van der Waals surface area contributed by atoms with Gasteiger partial charge in [0.15, 0.2) is 17.2 Å². The minimum absolute atomic E-state index is 0.0632. The van der Waals surface area contributed by atoms with E-state index in [0.717, 1.165) is 12.1 Å². The summed E-state index contributed by atoms with van der Waals surface area (Å²) in [6, 6.07) is 2.15. The molecule has 17 heavy (non-hydrogen) atoms. The zero-order chi connectivity index (χ0) is 12.8. The second-order valence-corrected chi connectivity index (χ2v) is 4.52. The van der Waals surface area contributed by atoms with E-state index in [0.29, 0.717) is 0 Å². The molecule has 0 unspecified atom stereocenters. The molecule has 6 nitrogen and oxygen atoms in total. The lowest BCUT2D eigenvalue weighted by Crippen LogP contribution is -2.61. The summed E-state index contributed by atoms with van der Waals surface area (Å²) < 4.78 is 0. The van der Waals surface area contributed by atoms with Gasteiger partial charge in [-0.3, -0.25) is 4.79 Å². The number of hydrogen-bond acceptors (Lipinski definition) is 5. The van der Waals surface area contributed by atoms with Crippen molar-refractivity contribution < 1.29 is 25.2 Å². The smallest absolute Gasteiger partial charge is 0.254 e. The third-order valence-electron chi connectivity index (χ3n) is 2.67. The monoisotopic (exact) mass is 239 g/mol. The van der Waals surface area contributed by atoms with Crippen molar-refractivity contribution in [2.24, 2.45) is 0 Å². The Morgan fingerprint density at radius 3 is 2.12 bits per heavy atom. The Morgan fingerprint density at radius 2 is 1.71 bits per heavy atom. The number of likely N-dealkylation sites (tertiary alicyclic amines) is 1. The number of phenols is 3. The van der Waals surface area contributed by atoms with Gasteiger partial charge in [-0.05, 0) is 19.1 Å². The molecule has 1 saturated heterocycles. The van der Waals surface area contributed by atoms with Gasteiger partial charge in [0, 0.05) is 5.56 Å². The number of β-amino-alcohol motifs (C(OH)–C–C–N with tert-alkyl or cyclic N) is 1. The number of hydrogen-bond donors (Lipinski definition) is 4. The van der Waals surface area contributed by atoms with E-state index < -0.39 is 28.8 Å². The minimum Gasteiger partial charge on any atom is -0.504 e. The average molecular weight is 239 g/mol. The van der Waals surface area contributed by atoms with E-state index in [1.807, 2.05) is 0 Å². The summed E-state index contributed by atoms with van der Waals surface area (Å²) in [6.07, 6.45) is 0. The fourth-order valence-electron chi connectivity index (χ4n) is 1.83. The first-order chi connectivity index (χ1) is 7.80. The Labute approximate surface area is 97.3 Å². The normalized spacial score (nSPS) is 17.6. The molecule has 0 aromatic heterocycles. The highest BCUT2D eigenvalue weighted by atomic mass is 16.3. The van der Waals surface area contributed by atoms with Crippen molar-refractivity contribution in [3.05, 3.63) is 17.7 Å². The van der Waals surface area contributed by atoms with Gasteiger partial charge >= 0.3 is 0 Å². The van der Waals surface area contributed by atoms with Gasteiger partial charge in [0.2, 0.25) is 0 Å². The first-order valence-electron chi connectivity index (χ1n) is 5.07. The zero-order valence-corrected chi connectivity index (χ0v) is 9.21. The molecule has 0 atom stereocenters. The first-order valence-corrected chi connectivity index (χ1v) is 5.07. The van der Waals surface area contributed by atoms with Gasteiger partial charge < -0.3 is 25.3 Å². The number of benzene rings is 1. The van der Waals surface area contributed by atoms with Gasteiger partial charge in [-0.1, -0.05) is 0 Å². The molecule has 1 aromatic rings. The SMILES string of the molecule is CC1(O)CN(C(=O)c2cc(O)c(O)c(O)c2)C1. The van der Waals surface area contributed by atoms with Crippen LogP contribution in [0.25, 0.3) is 0 Å². The van der Waals surface area contributed by atoms with Crippen molar-refractivity contribution in [3.8, 4) is 17.2 Å². The topological polar surface area (TPSA) is 101 Å². The van der Waals surface area contributed by atoms with Gasteiger partial charge in [-0.25, -0.2) is 0 Å². The van der Waals surface area contributed by atoms with E-state index in [4.69, 9.17) is 5.11 Å². The van der Waals surface area contributed by atoms with E-state index in [9.17, 15) is 20.1 Å². The van der Waals surface area contributed by atoms with Crippen LogP contribution < -0.4 is 0 Å². The molecule has 1 fully saturated rings. The van der Waals surface area contributed by atoms with Crippen molar-refractivity contribution >= 4 is 5.91 Å². The Bertz CT molecular complexity index is 452. The fraction of sp³-hybridized carbons (Fsp3) is 0.364. The maximum Gasteiger partial charge on any atom is 0.254 e. The third-order valence-corrected chi connectivity index (χ3v) is 2.67. The van der Waals surface area contributed by atoms with Crippen molar-refractivity contribution in [2.45, 2.75) is 12.5 Å². The quantitative estimate of drug-likeness (QED) is 0.517. The molecule has 0 aliphatic carbocycles. The standard InChI is InChI=1S/C11H13NO5/c1-11(17)4-12(5-11)10(16)6-2-7(13)9(15)8(14)3-6/h2-3,13-15,17H,4-5H2,1H3. The molecule has 1 amide bonds. The first kappa shape index (κ1) is 11.5. The maximum absolute atomic E-state index is 11.8. The van der Waals surface area contributed by atoms with Crippen molar-refractivity contribution in [1.29, 1.82) is 0 Å². The summed E-state index contributed by atoms with van der Waals surface area (Å²) in [5, 5.41) is 37.2. The predicted molar refractivity (Wildman–Crippen MR) is 58.0 cm³/mol. The number of carbonyl (C=O) groups excluding carboxylic acids is 1. The lowest BCUT2D eigenvalue weighted by Gasteiger charge is -2.44. The van der Waals surface area contributed by atoms with E-state index >= 15 is 0 Å². The molecule has 0 bridgehead atoms. The summed E-state index contributed by atoms with van der Waals surface area (Å²) in [6.45, 7) is 2.02. The number of amides is 1. The van der Waals surface area contributed by atoms with Crippen LogP contribution in [0.2, 0.25) is 0 Å². The van der Waals surface area contributed by atoms with Crippen LogP contribution in [0.4, 0.5) is 0 Å². The van der Waals surface area contributed by atoms with E-state index in [-0.39, 0.29) is 18.7 Å². The van der Waals surface area contributed by atoms with Crippen LogP contribution in [0, 0.1) is 0 Å². The molecule has 6 heteroatoms. The summed E-state index contributed by atoms with van der Waals surface area (Å²) in [7, 11) is 0. The lowest BCUT2D eigenvalue weighted by atomic mass is 9.96. The predicted octanol–water partition coefficient (Wildman–Crippen LogP) is 0.0102. The highest BCUT2D eigenvalue weighted by molar-refractivity contribution is 5.96. The average Bonchev–Trinajstić information content (AvgIpc) is 2.20. The van der Waals surface area contributed by atoms with E-state index in [1.165, 1.54) is 4.90 Å². The fourth-order valence-corrected chi connectivity index (χ4v) is 1.83. The molecular formula is C11H13NO5. The summed E-state index contributed by atoms with van der Waals surface area (Å²) in [5.74, 6) is -2.18. The Balaban J connectivity index is 2.21. The molecule has 0 spiro atoms. The van der Waals surface area contributed by atoms with Crippen LogP contribution in [0.3, 0.4) is 0 Å². The molecule has 1 aliphatic rings. The van der Waals surface area contributed by atoms with Crippen LogP contribution in [0.5, 0.6) is 17.2 Å². The Kier molecular flexibility index (Phi) is 2.39. The van der Waals surface area contributed by atoms with Gasteiger partial charge in [-0.15, -0.1) is 0 Å². The summed E-state index contributed by atoms with van der Waals surface area (Å²) >= 11 is 0. The Morgan fingerprint density at radius 1 is 1.24 bits per heavy atom. The summed E-state index contributed by atoms with van der Waals surface area (Å²) in [4.78, 5) is 13.2. The van der Waals surface area contributed by atoms with Crippen LogP contribution in [-0.2, 0) is 0 Å². The van der Waals surface area contributed by atoms with Crippen molar-refractivity contribution in [2.75, 3.05) is 13.1 Å². The molecule has 4 N–H and O–H groups in total. The second-order valence-electron chi connectivity index (χ2n) is 4.52. The second kappa shape index (κ2) is 3.53.